The van der Waals surface area contributed by atoms with Crippen LogP contribution < -0.4 is 5.73 Å². The van der Waals surface area contributed by atoms with Gasteiger partial charge in [-0.3, -0.25) is 4.79 Å². The van der Waals surface area contributed by atoms with Gasteiger partial charge in [0.1, 0.15) is 0 Å². The zero-order valence-corrected chi connectivity index (χ0v) is 9.67. The highest BCUT2D eigenvalue weighted by Crippen LogP contribution is 2.10. The smallest absolute Gasteiger partial charge is 0.246 e. The van der Waals surface area contributed by atoms with Gasteiger partial charge in [-0.15, -0.1) is 11.3 Å². The summed E-state index contributed by atoms with van der Waals surface area (Å²) in [5.74, 6) is 0.0249. The third kappa shape index (κ3) is 4.27. The van der Waals surface area contributed by atoms with E-state index < -0.39 is 0 Å². The van der Waals surface area contributed by atoms with Crippen LogP contribution in [-0.2, 0) is 4.79 Å². The first-order valence-electron chi connectivity index (χ1n) is 4.91. The van der Waals surface area contributed by atoms with Crippen LogP contribution >= 0.6 is 11.3 Å². The largest absolute Gasteiger partial charge is 0.342 e. The lowest BCUT2D eigenvalue weighted by Gasteiger charge is -2.13. The highest BCUT2D eigenvalue weighted by atomic mass is 32.1. The number of amides is 1. The van der Waals surface area contributed by atoms with Crippen molar-refractivity contribution >= 4 is 23.3 Å². The van der Waals surface area contributed by atoms with E-state index in [1.54, 1.807) is 29.4 Å². The highest BCUT2D eigenvalue weighted by Gasteiger charge is 2.02. The lowest BCUT2D eigenvalue weighted by molar-refractivity contribution is -0.124. The van der Waals surface area contributed by atoms with E-state index in [2.05, 4.69) is 0 Å². The Morgan fingerprint density at radius 1 is 1.67 bits per heavy atom. The number of hydrogen-bond donors (Lipinski definition) is 1. The van der Waals surface area contributed by atoms with Crippen LogP contribution in [0.15, 0.2) is 23.6 Å². The zero-order valence-electron chi connectivity index (χ0n) is 8.85. The van der Waals surface area contributed by atoms with Crippen LogP contribution in [0.1, 0.15) is 11.3 Å². The summed E-state index contributed by atoms with van der Waals surface area (Å²) in [6.07, 6.45) is 4.28. The molecule has 3 nitrogen and oxygen atoms in total. The Kier molecular flexibility index (Phi) is 5.07. The van der Waals surface area contributed by atoms with E-state index in [4.69, 9.17) is 5.73 Å². The Hall–Kier alpha value is -1.13. The highest BCUT2D eigenvalue weighted by molar-refractivity contribution is 7.10. The molecular weight excluding hydrogens is 208 g/mol. The lowest BCUT2D eigenvalue weighted by Crippen LogP contribution is -2.27. The minimum Gasteiger partial charge on any atom is -0.342 e. The summed E-state index contributed by atoms with van der Waals surface area (Å²) in [5, 5.41) is 1.99. The quantitative estimate of drug-likeness (QED) is 0.772. The van der Waals surface area contributed by atoms with Gasteiger partial charge in [0.2, 0.25) is 5.91 Å². The molecule has 1 rings (SSSR count). The molecule has 15 heavy (non-hydrogen) atoms. The van der Waals surface area contributed by atoms with Gasteiger partial charge in [0.25, 0.3) is 0 Å². The third-order valence-corrected chi connectivity index (χ3v) is 2.84. The van der Waals surface area contributed by atoms with Crippen LogP contribution in [0.25, 0.3) is 6.08 Å². The Labute approximate surface area is 94.2 Å². The Morgan fingerprint density at radius 2 is 2.47 bits per heavy atom. The normalized spacial score (nSPS) is 10.8. The topological polar surface area (TPSA) is 46.3 Å². The molecule has 0 saturated carbocycles. The van der Waals surface area contributed by atoms with Gasteiger partial charge in [-0.25, -0.2) is 0 Å². The van der Waals surface area contributed by atoms with Gasteiger partial charge in [-0.1, -0.05) is 6.07 Å². The van der Waals surface area contributed by atoms with E-state index in [0.717, 1.165) is 11.3 Å². The van der Waals surface area contributed by atoms with Gasteiger partial charge in [0, 0.05) is 24.5 Å². The first-order valence-corrected chi connectivity index (χ1v) is 5.78. The molecule has 0 saturated heterocycles. The fraction of sp³-hybridized carbons (Fsp3) is 0.364. The van der Waals surface area contributed by atoms with Crippen molar-refractivity contribution < 1.29 is 4.79 Å². The summed E-state index contributed by atoms with van der Waals surface area (Å²) < 4.78 is 0. The van der Waals surface area contributed by atoms with Crippen molar-refractivity contribution in [2.45, 2.75) is 6.42 Å². The predicted molar refractivity (Wildman–Crippen MR) is 64.7 cm³/mol. The summed E-state index contributed by atoms with van der Waals surface area (Å²) in [5.41, 5.74) is 5.37. The molecule has 1 aromatic rings. The summed E-state index contributed by atoms with van der Waals surface area (Å²) in [4.78, 5) is 14.3. The first-order chi connectivity index (χ1) is 7.24. The molecular formula is C11H16N2OS. The van der Waals surface area contributed by atoms with Crippen molar-refractivity contribution in [2.24, 2.45) is 5.73 Å². The van der Waals surface area contributed by atoms with Crippen molar-refractivity contribution in [3.63, 3.8) is 0 Å². The number of carbonyl (C=O) groups is 1. The second-order valence-electron chi connectivity index (χ2n) is 3.25. The van der Waals surface area contributed by atoms with E-state index in [0.29, 0.717) is 13.1 Å². The van der Waals surface area contributed by atoms with E-state index in [-0.39, 0.29) is 5.91 Å². The molecule has 1 heterocycles. The molecule has 1 aromatic heterocycles. The molecule has 2 N–H and O–H groups in total. The fourth-order valence-electron chi connectivity index (χ4n) is 1.11. The second-order valence-corrected chi connectivity index (χ2v) is 4.23. The first kappa shape index (κ1) is 11.9. The molecule has 0 atom stereocenters. The molecule has 1 amide bonds. The number of nitrogens with two attached hydrogens (primary N) is 1. The number of likely N-dealkylation sites (N-methyl/N-ethyl adjacent to an activating group) is 1. The molecule has 0 spiro atoms. The van der Waals surface area contributed by atoms with Crippen molar-refractivity contribution in [1.29, 1.82) is 0 Å². The van der Waals surface area contributed by atoms with E-state index >= 15 is 0 Å². The maximum Gasteiger partial charge on any atom is 0.246 e. The van der Waals surface area contributed by atoms with Crippen LogP contribution in [0.5, 0.6) is 0 Å². The number of thiophene rings is 1. The molecule has 4 heteroatoms. The monoisotopic (exact) mass is 224 g/mol. The molecule has 0 radical (unpaired) electrons. The van der Waals surface area contributed by atoms with Crippen LogP contribution in [-0.4, -0.2) is 30.9 Å². The van der Waals surface area contributed by atoms with Crippen LogP contribution in [0, 0.1) is 0 Å². The summed E-state index contributed by atoms with van der Waals surface area (Å²) in [7, 11) is 1.79. The maximum absolute atomic E-state index is 11.5. The zero-order chi connectivity index (χ0) is 11.1. The molecule has 0 bridgehead atoms. The fourth-order valence-corrected chi connectivity index (χ4v) is 1.72. The van der Waals surface area contributed by atoms with Gasteiger partial charge in [-0.05, 0) is 30.5 Å². The molecule has 0 aromatic carbocycles. The van der Waals surface area contributed by atoms with Crippen molar-refractivity contribution in [3.8, 4) is 0 Å². The molecule has 0 unspecified atom stereocenters. The molecule has 0 aliphatic heterocycles. The number of nitrogens with zero attached hydrogens (tertiary/aromatic N) is 1. The Morgan fingerprint density at radius 3 is 3.07 bits per heavy atom. The molecule has 0 aliphatic carbocycles. The summed E-state index contributed by atoms with van der Waals surface area (Å²) in [6.45, 7) is 1.33. The summed E-state index contributed by atoms with van der Waals surface area (Å²) >= 11 is 1.62. The third-order valence-electron chi connectivity index (χ3n) is 2.01. The molecule has 82 valence electrons. The van der Waals surface area contributed by atoms with E-state index in [1.165, 1.54) is 0 Å². The SMILES string of the molecule is CN(CCCN)C(=O)/C=C/c1cccs1. The van der Waals surface area contributed by atoms with Gasteiger partial charge in [0.15, 0.2) is 0 Å². The molecule has 0 aliphatic rings. The average molecular weight is 224 g/mol. The van der Waals surface area contributed by atoms with Gasteiger partial charge in [0.05, 0.1) is 0 Å². The molecule has 0 fully saturated rings. The minimum absolute atomic E-state index is 0.0249. The minimum atomic E-state index is 0.0249. The lowest BCUT2D eigenvalue weighted by atomic mass is 10.3. The maximum atomic E-state index is 11.5. The second kappa shape index (κ2) is 6.37. The number of hydrogen-bond acceptors (Lipinski definition) is 3. The van der Waals surface area contributed by atoms with Crippen molar-refractivity contribution in [1.82, 2.24) is 4.90 Å². The predicted octanol–water partition coefficient (Wildman–Crippen LogP) is 1.57. The standard InChI is InChI=1S/C11H16N2OS/c1-13(8-3-7-12)11(14)6-5-10-4-2-9-15-10/h2,4-6,9H,3,7-8,12H2,1H3/b6-5+. The van der Waals surface area contributed by atoms with E-state index in [1.807, 2.05) is 23.6 Å². The Balaban J connectivity index is 2.41. The van der Waals surface area contributed by atoms with Gasteiger partial charge >= 0.3 is 0 Å². The van der Waals surface area contributed by atoms with Crippen molar-refractivity contribution in [3.05, 3.63) is 28.5 Å². The van der Waals surface area contributed by atoms with Crippen molar-refractivity contribution in [2.75, 3.05) is 20.1 Å². The Bertz CT molecular complexity index is 319. The van der Waals surface area contributed by atoms with Crippen LogP contribution in [0.4, 0.5) is 0 Å². The summed E-state index contributed by atoms with van der Waals surface area (Å²) in [6, 6.07) is 3.95. The van der Waals surface area contributed by atoms with Crippen LogP contribution in [0.2, 0.25) is 0 Å². The van der Waals surface area contributed by atoms with Crippen LogP contribution in [0.3, 0.4) is 0 Å². The number of rotatable bonds is 5. The van der Waals surface area contributed by atoms with Gasteiger partial charge in [-0.2, -0.15) is 0 Å². The number of carbonyl (C=O) groups excluding carboxylic acids is 1. The van der Waals surface area contributed by atoms with E-state index in [9.17, 15) is 4.79 Å². The average Bonchev–Trinajstić information content (AvgIpc) is 2.75. The van der Waals surface area contributed by atoms with Gasteiger partial charge < -0.3 is 10.6 Å².